The summed E-state index contributed by atoms with van der Waals surface area (Å²) in [5, 5.41) is 7.77. The first kappa shape index (κ1) is 15.3. The highest BCUT2D eigenvalue weighted by molar-refractivity contribution is 7.17. The van der Waals surface area contributed by atoms with Gasteiger partial charge in [-0.05, 0) is 30.9 Å². The van der Waals surface area contributed by atoms with Crippen molar-refractivity contribution < 1.29 is 0 Å². The molecule has 23 heavy (non-hydrogen) atoms. The van der Waals surface area contributed by atoms with Gasteiger partial charge in [-0.2, -0.15) is 0 Å². The van der Waals surface area contributed by atoms with Crippen molar-refractivity contribution >= 4 is 33.2 Å². The topological polar surface area (TPSA) is 17.0 Å². The van der Waals surface area contributed by atoms with Gasteiger partial charge in [0.1, 0.15) is 4.83 Å². The lowest BCUT2D eigenvalue weighted by Gasteiger charge is -2.17. The molecule has 0 spiro atoms. The molecule has 0 fully saturated rings. The van der Waals surface area contributed by atoms with E-state index in [-0.39, 0.29) is 0 Å². The van der Waals surface area contributed by atoms with Crippen molar-refractivity contribution in [1.29, 1.82) is 0 Å². The van der Waals surface area contributed by atoms with Crippen molar-refractivity contribution in [1.82, 2.24) is 9.88 Å². The van der Waals surface area contributed by atoms with E-state index in [4.69, 9.17) is 11.6 Å². The van der Waals surface area contributed by atoms with Crippen LogP contribution in [0, 0.1) is 6.92 Å². The van der Waals surface area contributed by atoms with Crippen LogP contribution in [-0.4, -0.2) is 11.1 Å². The number of aryl methyl sites for hydroxylation is 3. The Morgan fingerprint density at radius 1 is 1.26 bits per heavy atom. The molecule has 2 aromatic heterocycles. The van der Waals surface area contributed by atoms with Crippen LogP contribution in [0.2, 0.25) is 5.02 Å². The van der Waals surface area contributed by atoms with E-state index in [1.54, 1.807) is 11.3 Å². The summed E-state index contributed by atoms with van der Waals surface area (Å²) in [6.45, 7) is 5.24. The van der Waals surface area contributed by atoms with Crippen LogP contribution in [0.3, 0.4) is 0 Å². The van der Waals surface area contributed by atoms with E-state index >= 15 is 0 Å². The third-order valence-electron chi connectivity index (χ3n) is 4.76. The molecular weight excluding hydrogens is 324 g/mol. The zero-order chi connectivity index (χ0) is 15.8. The summed E-state index contributed by atoms with van der Waals surface area (Å²) in [5.41, 5.74) is 5.68. The summed E-state index contributed by atoms with van der Waals surface area (Å²) in [4.78, 5) is 1.35. The first-order valence-corrected chi connectivity index (χ1v) is 9.53. The first-order chi connectivity index (χ1) is 11.2. The minimum absolute atomic E-state index is 0.919. The smallest absolute Gasteiger partial charge is 0.104 e. The Morgan fingerprint density at radius 3 is 2.91 bits per heavy atom. The minimum atomic E-state index is 0.919. The fraction of sp³-hybridized carbons (Fsp3) is 0.368. The van der Waals surface area contributed by atoms with Crippen molar-refractivity contribution in [3.8, 4) is 0 Å². The Kier molecular flexibility index (Phi) is 4.18. The molecule has 0 bridgehead atoms. The van der Waals surface area contributed by atoms with Crippen LogP contribution in [0.5, 0.6) is 0 Å². The van der Waals surface area contributed by atoms with Crippen molar-refractivity contribution in [2.75, 3.05) is 6.54 Å². The molecule has 0 atom stereocenters. The van der Waals surface area contributed by atoms with Gasteiger partial charge in [-0.1, -0.05) is 41.4 Å². The van der Waals surface area contributed by atoms with Crippen LogP contribution in [0.25, 0.3) is 10.2 Å². The van der Waals surface area contributed by atoms with Crippen LogP contribution < -0.4 is 5.32 Å². The summed E-state index contributed by atoms with van der Waals surface area (Å²) < 4.78 is 2.52. The second-order valence-corrected chi connectivity index (χ2v) is 7.62. The Labute approximate surface area is 146 Å². The highest BCUT2D eigenvalue weighted by atomic mass is 35.5. The fourth-order valence-corrected chi connectivity index (χ4v) is 4.96. The summed E-state index contributed by atoms with van der Waals surface area (Å²) in [5.74, 6) is 0. The van der Waals surface area contributed by atoms with Gasteiger partial charge >= 0.3 is 0 Å². The quantitative estimate of drug-likeness (QED) is 0.709. The zero-order valence-corrected chi connectivity index (χ0v) is 14.9. The monoisotopic (exact) mass is 344 g/mol. The number of fused-ring (bicyclic) bond motifs is 3. The molecule has 0 saturated heterocycles. The summed E-state index contributed by atoms with van der Waals surface area (Å²) in [7, 11) is 0. The number of halogens is 1. The lowest BCUT2D eigenvalue weighted by Crippen LogP contribution is -2.24. The average molecular weight is 345 g/mol. The molecule has 3 aromatic rings. The van der Waals surface area contributed by atoms with E-state index < -0.39 is 0 Å². The van der Waals surface area contributed by atoms with Crippen molar-refractivity contribution in [2.45, 2.75) is 39.3 Å². The fourth-order valence-electron chi connectivity index (χ4n) is 3.56. The van der Waals surface area contributed by atoms with Crippen molar-refractivity contribution in [3.63, 3.8) is 0 Å². The molecule has 1 aliphatic rings. The number of benzene rings is 1. The van der Waals surface area contributed by atoms with Gasteiger partial charge < -0.3 is 9.88 Å². The summed E-state index contributed by atoms with van der Waals surface area (Å²) in [6, 6.07) is 8.91. The molecular formula is C19H21ClN2S. The summed E-state index contributed by atoms with van der Waals surface area (Å²) >= 11 is 8.22. The van der Waals surface area contributed by atoms with E-state index in [9.17, 15) is 0 Å². The van der Waals surface area contributed by atoms with Gasteiger partial charge in [0.25, 0.3) is 0 Å². The highest BCUT2D eigenvalue weighted by Crippen LogP contribution is 2.38. The molecule has 0 unspecified atom stereocenters. The number of nitrogens with zero attached hydrogens (tertiary/aromatic N) is 1. The highest BCUT2D eigenvalue weighted by Gasteiger charge is 2.22. The predicted molar refractivity (Wildman–Crippen MR) is 99.7 cm³/mol. The van der Waals surface area contributed by atoms with E-state index in [2.05, 4.69) is 46.5 Å². The minimum Gasteiger partial charge on any atom is -0.336 e. The predicted octanol–water partition coefficient (Wildman–Crippen LogP) is 4.94. The molecule has 1 aromatic carbocycles. The molecule has 3 heterocycles. The molecule has 0 aliphatic carbocycles. The second kappa shape index (κ2) is 6.31. The Balaban J connectivity index is 1.57. The number of nitrogens with one attached hydrogen (secondary N) is 1. The van der Waals surface area contributed by atoms with E-state index in [1.807, 2.05) is 0 Å². The molecule has 2 nitrogen and oxygen atoms in total. The number of hydrogen-bond acceptors (Lipinski definition) is 2. The first-order valence-electron chi connectivity index (χ1n) is 8.27. The lowest BCUT2D eigenvalue weighted by molar-refractivity contribution is 0.581. The van der Waals surface area contributed by atoms with Crippen LogP contribution in [-0.2, 0) is 25.9 Å². The molecule has 4 rings (SSSR count). The van der Waals surface area contributed by atoms with E-state index in [0.717, 1.165) is 37.5 Å². The zero-order valence-electron chi connectivity index (χ0n) is 13.4. The molecule has 4 heteroatoms. The molecule has 1 aliphatic heterocycles. The van der Waals surface area contributed by atoms with Crippen LogP contribution >= 0.6 is 22.9 Å². The molecule has 1 N–H and O–H groups in total. The average Bonchev–Trinajstić information content (AvgIpc) is 3.09. The van der Waals surface area contributed by atoms with Gasteiger partial charge in [0.2, 0.25) is 0 Å². The maximum Gasteiger partial charge on any atom is 0.104 e. The number of aromatic nitrogens is 1. The molecule has 0 saturated carbocycles. The maximum atomic E-state index is 6.44. The number of hydrogen-bond donors (Lipinski definition) is 1. The van der Waals surface area contributed by atoms with Crippen LogP contribution in [0.15, 0.2) is 29.6 Å². The SMILES string of the molecule is Cc1ccc(CCCn2c3c(c4c(Cl)csc42)CNCC3)cc1. The number of thiophene rings is 1. The van der Waals surface area contributed by atoms with E-state index in [0.29, 0.717) is 0 Å². The molecule has 0 amide bonds. The van der Waals surface area contributed by atoms with Crippen LogP contribution in [0.4, 0.5) is 0 Å². The second-order valence-electron chi connectivity index (χ2n) is 6.36. The van der Waals surface area contributed by atoms with Crippen molar-refractivity contribution in [3.05, 3.63) is 57.1 Å². The molecule has 0 radical (unpaired) electrons. The van der Waals surface area contributed by atoms with Gasteiger partial charge in [-0.3, -0.25) is 0 Å². The van der Waals surface area contributed by atoms with Gasteiger partial charge in [-0.25, -0.2) is 0 Å². The number of rotatable bonds is 4. The largest absolute Gasteiger partial charge is 0.336 e. The summed E-state index contributed by atoms with van der Waals surface area (Å²) in [6.07, 6.45) is 3.41. The third kappa shape index (κ3) is 2.82. The van der Waals surface area contributed by atoms with Crippen molar-refractivity contribution in [2.24, 2.45) is 0 Å². The Bertz CT molecular complexity index is 829. The standard InChI is InChI=1S/C19H21ClN2S/c1-13-4-6-14(7-5-13)3-2-10-22-17-8-9-21-11-15(17)18-16(20)12-23-19(18)22/h4-7,12,21H,2-3,8-11H2,1H3. The Hall–Kier alpha value is -1.29. The van der Waals surface area contributed by atoms with Gasteiger partial charge in [-0.15, -0.1) is 11.3 Å². The Morgan fingerprint density at radius 2 is 2.09 bits per heavy atom. The van der Waals surface area contributed by atoms with Gasteiger partial charge in [0.05, 0.1) is 5.02 Å². The maximum absolute atomic E-state index is 6.44. The third-order valence-corrected chi connectivity index (χ3v) is 6.18. The van der Waals surface area contributed by atoms with E-state index in [1.165, 1.54) is 39.0 Å². The van der Waals surface area contributed by atoms with Crippen LogP contribution in [0.1, 0.15) is 28.8 Å². The van der Waals surface area contributed by atoms with Gasteiger partial charge in [0.15, 0.2) is 0 Å². The normalized spacial score (nSPS) is 14.3. The lowest BCUT2D eigenvalue weighted by atomic mass is 10.1. The van der Waals surface area contributed by atoms with Gasteiger partial charge in [0, 0.05) is 42.5 Å². The molecule has 120 valence electrons.